The minimum Gasteiger partial charge on any atom is -0.478 e. The van der Waals surface area contributed by atoms with Crippen molar-refractivity contribution in [2.45, 2.75) is 13.0 Å². The molecule has 0 spiro atoms. The highest BCUT2D eigenvalue weighted by molar-refractivity contribution is 6.52. The van der Waals surface area contributed by atoms with Gasteiger partial charge in [0.1, 0.15) is 0 Å². The second-order valence-corrected chi connectivity index (χ2v) is 2.98. The minimum absolute atomic E-state index is 0.326. The van der Waals surface area contributed by atoms with E-state index in [0.717, 1.165) is 6.04 Å². The Morgan fingerprint density at radius 1 is 1.88 bits per heavy atom. The molecule has 0 unspecified atom stereocenters. The molecular formula is C5H8O2Si. The first-order valence-corrected chi connectivity index (χ1v) is 3.55. The Labute approximate surface area is 51.0 Å². The van der Waals surface area contributed by atoms with Gasteiger partial charge < -0.3 is 5.11 Å². The van der Waals surface area contributed by atoms with Crippen molar-refractivity contribution >= 4 is 15.5 Å². The number of carbonyl (C=O) groups is 1. The van der Waals surface area contributed by atoms with Gasteiger partial charge in [0.05, 0.1) is 9.52 Å². The van der Waals surface area contributed by atoms with E-state index in [1.54, 1.807) is 0 Å². The molecule has 0 aromatic carbocycles. The van der Waals surface area contributed by atoms with Gasteiger partial charge in [-0.3, -0.25) is 0 Å². The van der Waals surface area contributed by atoms with Gasteiger partial charge in [-0.1, -0.05) is 19.5 Å². The standard InChI is InChI=1S/C5H8O2Si/c1-3-8-4(2)5(6)7/h2-3H2,1H3,(H,6,7). The molecule has 0 saturated carbocycles. The first kappa shape index (κ1) is 7.43. The zero-order valence-electron chi connectivity index (χ0n) is 4.77. The number of carboxylic acid groups (broad SMARTS) is 1. The smallest absolute Gasteiger partial charge is 0.326 e. The minimum atomic E-state index is -0.870. The van der Waals surface area contributed by atoms with Crippen molar-refractivity contribution in [2.75, 3.05) is 0 Å². The van der Waals surface area contributed by atoms with Crippen molar-refractivity contribution in [3.63, 3.8) is 0 Å². The maximum atomic E-state index is 10.00. The van der Waals surface area contributed by atoms with Crippen LogP contribution in [0.2, 0.25) is 6.04 Å². The van der Waals surface area contributed by atoms with Gasteiger partial charge in [0, 0.05) is 5.20 Å². The first-order chi connectivity index (χ1) is 3.68. The maximum Gasteiger partial charge on any atom is 0.326 e. The number of aliphatic carboxylic acids is 1. The topological polar surface area (TPSA) is 37.3 Å². The normalized spacial score (nSPS) is 8.62. The lowest BCUT2D eigenvalue weighted by Crippen LogP contribution is -2.04. The average molecular weight is 128 g/mol. The van der Waals surface area contributed by atoms with Crippen molar-refractivity contribution in [2.24, 2.45) is 0 Å². The zero-order chi connectivity index (χ0) is 6.57. The fourth-order valence-corrected chi connectivity index (χ4v) is 0.867. The van der Waals surface area contributed by atoms with Gasteiger partial charge in [-0.15, -0.1) is 0 Å². The van der Waals surface area contributed by atoms with Gasteiger partial charge in [0.15, 0.2) is 0 Å². The summed E-state index contributed by atoms with van der Waals surface area (Å²) in [6, 6.07) is 0.880. The molecule has 8 heavy (non-hydrogen) atoms. The second kappa shape index (κ2) is 3.43. The van der Waals surface area contributed by atoms with Crippen molar-refractivity contribution in [3.8, 4) is 0 Å². The van der Waals surface area contributed by atoms with Crippen LogP contribution < -0.4 is 0 Å². The van der Waals surface area contributed by atoms with E-state index in [1.165, 1.54) is 0 Å². The SMILES string of the molecule is C=C([Si]CC)C(=O)O. The Morgan fingerprint density at radius 3 is 2.50 bits per heavy atom. The van der Waals surface area contributed by atoms with E-state index >= 15 is 0 Å². The number of hydrogen-bond donors (Lipinski definition) is 1. The summed E-state index contributed by atoms with van der Waals surface area (Å²) in [6.07, 6.45) is 0. The summed E-state index contributed by atoms with van der Waals surface area (Å²) in [7, 11) is 0.375. The van der Waals surface area contributed by atoms with Gasteiger partial charge in [-0.25, -0.2) is 4.79 Å². The molecule has 2 nitrogen and oxygen atoms in total. The van der Waals surface area contributed by atoms with E-state index in [0.29, 0.717) is 14.7 Å². The third-order valence-corrected chi connectivity index (χ3v) is 1.64. The molecule has 0 aromatic heterocycles. The Hall–Kier alpha value is -0.573. The molecule has 0 heterocycles. The molecule has 0 fully saturated rings. The van der Waals surface area contributed by atoms with E-state index in [9.17, 15) is 4.79 Å². The van der Waals surface area contributed by atoms with E-state index in [-0.39, 0.29) is 0 Å². The van der Waals surface area contributed by atoms with Crippen molar-refractivity contribution in [3.05, 3.63) is 11.8 Å². The zero-order valence-corrected chi connectivity index (χ0v) is 5.77. The Kier molecular flexibility index (Phi) is 3.19. The third kappa shape index (κ3) is 2.57. The summed E-state index contributed by atoms with van der Waals surface area (Å²) in [6.45, 7) is 5.29. The molecular weight excluding hydrogens is 120 g/mol. The van der Waals surface area contributed by atoms with Gasteiger partial charge in [0.2, 0.25) is 0 Å². The van der Waals surface area contributed by atoms with E-state index < -0.39 is 5.97 Å². The molecule has 0 rings (SSSR count). The molecule has 0 aromatic rings. The molecule has 2 radical (unpaired) electrons. The highest BCUT2D eigenvalue weighted by Gasteiger charge is 2.00. The lowest BCUT2D eigenvalue weighted by molar-refractivity contribution is -0.131. The monoisotopic (exact) mass is 128 g/mol. The quantitative estimate of drug-likeness (QED) is 0.449. The fourth-order valence-electron chi connectivity index (χ4n) is 0.289. The van der Waals surface area contributed by atoms with Crippen LogP contribution in [0.5, 0.6) is 0 Å². The summed E-state index contributed by atoms with van der Waals surface area (Å²) in [5, 5.41) is 8.55. The van der Waals surface area contributed by atoms with Crippen LogP contribution in [0.3, 0.4) is 0 Å². The molecule has 1 N–H and O–H groups in total. The van der Waals surface area contributed by atoms with E-state index in [2.05, 4.69) is 6.58 Å². The van der Waals surface area contributed by atoms with Gasteiger partial charge >= 0.3 is 5.97 Å². The molecule has 0 bridgehead atoms. The summed E-state index contributed by atoms with van der Waals surface area (Å²) in [5.41, 5.74) is 0. The molecule has 0 atom stereocenters. The van der Waals surface area contributed by atoms with Crippen LogP contribution in [0.15, 0.2) is 11.8 Å². The predicted molar refractivity (Wildman–Crippen MR) is 33.0 cm³/mol. The Bertz CT molecular complexity index is 109. The Morgan fingerprint density at radius 2 is 2.38 bits per heavy atom. The van der Waals surface area contributed by atoms with Crippen LogP contribution in [-0.2, 0) is 4.79 Å². The highest BCUT2D eigenvalue weighted by atomic mass is 28.2. The second-order valence-electron chi connectivity index (χ2n) is 1.31. The summed E-state index contributed by atoms with van der Waals surface area (Å²) in [5.74, 6) is -0.870. The largest absolute Gasteiger partial charge is 0.478 e. The third-order valence-electron chi connectivity index (χ3n) is 0.648. The fraction of sp³-hybridized carbons (Fsp3) is 0.400. The Balaban J connectivity index is 3.49. The van der Waals surface area contributed by atoms with Crippen LogP contribution in [-0.4, -0.2) is 20.6 Å². The van der Waals surface area contributed by atoms with E-state index in [1.807, 2.05) is 6.92 Å². The molecule has 44 valence electrons. The van der Waals surface area contributed by atoms with Gasteiger partial charge in [-0.05, 0) is 0 Å². The van der Waals surface area contributed by atoms with Crippen molar-refractivity contribution in [1.82, 2.24) is 0 Å². The number of carboxylic acids is 1. The molecule has 0 aliphatic rings. The highest BCUT2D eigenvalue weighted by Crippen LogP contribution is 1.88. The first-order valence-electron chi connectivity index (χ1n) is 2.34. The van der Waals surface area contributed by atoms with Crippen LogP contribution in [0.1, 0.15) is 6.92 Å². The van der Waals surface area contributed by atoms with Crippen LogP contribution in [0.25, 0.3) is 0 Å². The molecule has 0 amide bonds. The average Bonchev–Trinajstić information content (AvgIpc) is 1.67. The van der Waals surface area contributed by atoms with Crippen LogP contribution in [0.4, 0.5) is 0 Å². The molecule has 0 saturated heterocycles. The van der Waals surface area contributed by atoms with Crippen LogP contribution in [0, 0.1) is 0 Å². The lowest BCUT2D eigenvalue weighted by atomic mass is 10.7. The molecule has 0 aliphatic heterocycles. The maximum absolute atomic E-state index is 10.00. The number of rotatable bonds is 3. The summed E-state index contributed by atoms with van der Waals surface area (Å²) >= 11 is 0. The van der Waals surface area contributed by atoms with Crippen molar-refractivity contribution in [1.29, 1.82) is 0 Å². The van der Waals surface area contributed by atoms with E-state index in [4.69, 9.17) is 5.11 Å². The van der Waals surface area contributed by atoms with Crippen LogP contribution >= 0.6 is 0 Å². The predicted octanol–water partition coefficient (Wildman–Crippen LogP) is 0.727. The van der Waals surface area contributed by atoms with Gasteiger partial charge in [-0.2, -0.15) is 0 Å². The van der Waals surface area contributed by atoms with Crippen molar-refractivity contribution < 1.29 is 9.90 Å². The molecule has 0 aliphatic carbocycles. The lowest BCUT2D eigenvalue weighted by Gasteiger charge is -1.90. The summed E-state index contributed by atoms with van der Waals surface area (Å²) < 4.78 is 0. The molecule has 3 heteroatoms. The summed E-state index contributed by atoms with van der Waals surface area (Å²) in [4.78, 5) is 10.00. The number of hydrogen-bond acceptors (Lipinski definition) is 1. The van der Waals surface area contributed by atoms with Gasteiger partial charge in [0.25, 0.3) is 0 Å².